The fourth-order valence-electron chi connectivity index (χ4n) is 2.74. The van der Waals surface area contributed by atoms with Crippen LogP contribution in [0.2, 0.25) is 0 Å². The van der Waals surface area contributed by atoms with Crippen molar-refractivity contribution in [3.05, 3.63) is 35.2 Å². The van der Waals surface area contributed by atoms with E-state index in [4.69, 9.17) is 4.74 Å². The highest BCUT2D eigenvalue weighted by Gasteiger charge is 2.24. The molecule has 1 N–H and O–H groups in total. The Labute approximate surface area is 133 Å². The van der Waals surface area contributed by atoms with Crippen molar-refractivity contribution in [3.8, 4) is 0 Å². The lowest BCUT2D eigenvalue weighted by molar-refractivity contribution is -0.129. The minimum absolute atomic E-state index is 0.207. The van der Waals surface area contributed by atoms with Crippen LogP contribution in [0.5, 0.6) is 0 Å². The highest BCUT2D eigenvalue weighted by Crippen LogP contribution is 2.26. The minimum atomic E-state index is -0.765. The largest absolute Gasteiger partial charge is 0.448 e. The maximum Gasteiger partial charge on any atom is 0.349 e. The van der Waals surface area contributed by atoms with E-state index in [-0.39, 0.29) is 11.9 Å². The topological polar surface area (TPSA) is 55.4 Å². The summed E-state index contributed by atoms with van der Waals surface area (Å²) in [6.07, 6.45) is 3.58. The lowest BCUT2D eigenvalue weighted by Gasteiger charge is -2.16. The molecule has 0 radical (unpaired) electrons. The molecular formula is C17H19NO3S. The van der Waals surface area contributed by atoms with Crippen LogP contribution >= 0.6 is 11.3 Å². The number of carbonyl (C=O) groups excluding carboxylic acids is 2. The van der Waals surface area contributed by atoms with Gasteiger partial charge in [0.15, 0.2) is 6.10 Å². The highest BCUT2D eigenvalue weighted by atomic mass is 32.1. The molecule has 1 aromatic heterocycles. The highest BCUT2D eigenvalue weighted by molar-refractivity contribution is 7.20. The zero-order valence-electron chi connectivity index (χ0n) is 12.5. The third kappa shape index (κ3) is 3.30. The molecule has 0 spiro atoms. The van der Waals surface area contributed by atoms with E-state index in [1.165, 1.54) is 11.3 Å². The summed E-state index contributed by atoms with van der Waals surface area (Å²) in [5, 5.41) is 3.97. The molecule has 1 fully saturated rings. The van der Waals surface area contributed by atoms with E-state index in [1.54, 1.807) is 6.92 Å². The van der Waals surface area contributed by atoms with Gasteiger partial charge >= 0.3 is 5.97 Å². The lowest BCUT2D eigenvalue weighted by atomic mass is 10.2. The number of thiophene rings is 1. The van der Waals surface area contributed by atoms with Gasteiger partial charge in [-0.1, -0.05) is 31.0 Å². The second-order valence-corrected chi connectivity index (χ2v) is 6.77. The predicted octanol–water partition coefficient (Wildman–Crippen LogP) is 3.51. The van der Waals surface area contributed by atoms with Crippen LogP contribution in [0.25, 0.3) is 10.1 Å². The Morgan fingerprint density at radius 2 is 2.00 bits per heavy atom. The molecule has 1 aromatic carbocycles. The van der Waals surface area contributed by atoms with Crippen molar-refractivity contribution in [2.45, 2.75) is 44.8 Å². The third-order valence-electron chi connectivity index (χ3n) is 3.98. The van der Waals surface area contributed by atoms with Gasteiger partial charge in [0.1, 0.15) is 4.88 Å². The van der Waals surface area contributed by atoms with Crippen LogP contribution < -0.4 is 5.32 Å². The van der Waals surface area contributed by atoms with Crippen molar-refractivity contribution >= 4 is 33.3 Å². The zero-order valence-corrected chi connectivity index (χ0v) is 13.3. The quantitative estimate of drug-likeness (QED) is 0.878. The number of carbonyl (C=O) groups is 2. The van der Waals surface area contributed by atoms with Gasteiger partial charge in [0.2, 0.25) is 0 Å². The molecule has 1 atom stereocenters. The van der Waals surface area contributed by atoms with Gasteiger partial charge in [-0.2, -0.15) is 0 Å². The van der Waals surface area contributed by atoms with Crippen molar-refractivity contribution in [3.63, 3.8) is 0 Å². The van der Waals surface area contributed by atoms with Crippen molar-refractivity contribution in [1.82, 2.24) is 5.32 Å². The van der Waals surface area contributed by atoms with Gasteiger partial charge in [0.05, 0.1) is 0 Å². The number of benzene rings is 1. The summed E-state index contributed by atoms with van der Waals surface area (Å²) < 4.78 is 6.34. The maximum atomic E-state index is 12.2. The molecule has 22 heavy (non-hydrogen) atoms. The molecule has 1 amide bonds. The molecule has 1 aliphatic carbocycles. The molecule has 3 rings (SSSR count). The van der Waals surface area contributed by atoms with Gasteiger partial charge in [0.25, 0.3) is 5.91 Å². The van der Waals surface area contributed by atoms with E-state index in [0.29, 0.717) is 4.88 Å². The average molecular weight is 317 g/mol. The Kier molecular flexibility index (Phi) is 4.43. The first-order valence-electron chi connectivity index (χ1n) is 7.63. The second-order valence-electron chi connectivity index (χ2n) is 5.69. The lowest BCUT2D eigenvalue weighted by Crippen LogP contribution is -2.40. The van der Waals surface area contributed by atoms with Gasteiger partial charge in [-0.25, -0.2) is 4.79 Å². The number of rotatable bonds is 4. The van der Waals surface area contributed by atoms with E-state index in [9.17, 15) is 9.59 Å². The summed E-state index contributed by atoms with van der Waals surface area (Å²) in [5.41, 5.74) is 0. The van der Waals surface area contributed by atoms with Crippen LogP contribution in [-0.4, -0.2) is 24.0 Å². The molecule has 4 nitrogen and oxygen atoms in total. The standard InChI is InChI=1S/C17H19NO3S/c1-11(16(19)18-13-7-3-4-8-13)21-17(20)15-10-12-6-2-5-9-14(12)22-15/h2,5-6,9-11,13H,3-4,7-8H2,1H3,(H,18,19)/t11-/m0/s1. The van der Waals surface area contributed by atoms with E-state index >= 15 is 0 Å². The maximum absolute atomic E-state index is 12.2. The first kappa shape index (κ1) is 15.0. The number of hydrogen-bond donors (Lipinski definition) is 1. The first-order chi connectivity index (χ1) is 10.6. The molecule has 0 saturated heterocycles. The second kappa shape index (κ2) is 6.48. The van der Waals surface area contributed by atoms with Crippen LogP contribution in [0, 0.1) is 0 Å². The summed E-state index contributed by atoms with van der Waals surface area (Å²) in [7, 11) is 0. The van der Waals surface area contributed by atoms with Crippen molar-refractivity contribution < 1.29 is 14.3 Å². The molecule has 0 unspecified atom stereocenters. The molecule has 116 valence electrons. The Bertz CT molecular complexity index is 655. The number of esters is 1. The molecular weight excluding hydrogens is 298 g/mol. The Balaban J connectivity index is 1.61. The third-order valence-corrected chi connectivity index (χ3v) is 5.08. The molecule has 1 heterocycles. The predicted molar refractivity (Wildman–Crippen MR) is 87.1 cm³/mol. The summed E-state index contributed by atoms with van der Waals surface area (Å²) >= 11 is 1.39. The molecule has 5 heteroatoms. The van der Waals surface area contributed by atoms with Gasteiger partial charge in [-0.3, -0.25) is 4.79 Å². The van der Waals surface area contributed by atoms with Crippen LogP contribution in [0.3, 0.4) is 0 Å². The van der Waals surface area contributed by atoms with Gasteiger partial charge in [-0.05, 0) is 37.3 Å². The Morgan fingerprint density at radius 1 is 1.27 bits per heavy atom. The van der Waals surface area contributed by atoms with Gasteiger partial charge < -0.3 is 10.1 Å². The fraction of sp³-hybridized carbons (Fsp3) is 0.412. The molecule has 2 aromatic rings. The van der Waals surface area contributed by atoms with Crippen molar-refractivity contribution in [1.29, 1.82) is 0 Å². The number of amides is 1. The SMILES string of the molecule is C[C@H](OC(=O)c1cc2ccccc2s1)C(=O)NC1CCCC1. The van der Waals surface area contributed by atoms with Crippen molar-refractivity contribution in [2.75, 3.05) is 0 Å². The number of hydrogen-bond acceptors (Lipinski definition) is 4. The summed E-state index contributed by atoms with van der Waals surface area (Å²) in [6, 6.07) is 9.83. The van der Waals surface area contributed by atoms with Gasteiger partial charge in [0, 0.05) is 10.7 Å². The number of nitrogens with one attached hydrogen (secondary N) is 1. The summed E-state index contributed by atoms with van der Waals surface area (Å²) in [6.45, 7) is 1.62. The summed E-state index contributed by atoms with van der Waals surface area (Å²) in [5.74, 6) is -0.642. The molecule has 1 aliphatic rings. The smallest absolute Gasteiger partial charge is 0.349 e. The zero-order chi connectivity index (χ0) is 15.5. The number of fused-ring (bicyclic) bond motifs is 1. The van der Waals surface area contributed by atoms with E-state index in [0.717, 1.165) is 35.8 Å². The molecule has 1 saturated carbocycles. The molecule has 0 aliphatic heterocycles. The average Bonchev–Trinajstić information content (AvgIpc) is 3.15. The fourth-order valence-corrected chi connectivity index (χ4v) is 3.69. The van der Waals surface area contributed by atoms with E-state index in [2.05, 4.69) is 5.32 Å². The number of ether oxygens (including phenoxy) is 1. The Hall–Kier alpha value is -1.88. The first-order valence-corrected chi connectivity index (χ1v) is 8.45. The Morgan fingerprint density at radius 3 is 2.73 bits per heavy atom. The van der Waals surface area contributed by atoms with E-state index in [1.807, 2.05) is 30.3 Å². The van der Waals surface area contributed by atoms with Crippen LogP contribution in [-0.2, 0) is 9.53 Å². The van der Waals surface area contributed by atoms with Gasteiger partial charge in [-0.15, -0.1) is 11.3 Å². The van der Waals surface area contributed by atoms with Crippen molar-refractivity contribution in [2.24, 2.45) is 0 Å². The minimum Gasteiger partial charge on any atom is -0.448 e. The monoisotopic (exact) mass is 317 g/mol. The summed E-state index contributed by atoms with van der Waals surface area (Å²) in [4.78, 5) is 24.8. The van der Waals surface area contributed by atoms with Crippen LogP contribution in [0.4, 0.5) is 0 Å². The van der Waals surface area contributed by atoms with E-state index < -0.39 is 12.1 Å². The molecule has 0 bridgehead atoms. The van der Waals surface area contributed by atoms with Crippen LogP contribution in [0.1, 0.15) is 42.3 Å². The normalized spacial score (nSPS) is 16.6. The van der Waals surface area contributed by atoms with Crippen LogP contribution in [0.15, 0.2) is 30.3 Å².